The number of hydrogen-bond donors (Lipinski definition) is 1. The van der Waals surface area contributed by atoms with Crippen LogP contribution in [0.1, 0.15) is 30.1 Å². The Labute approximate surface area is 149 Å². The van der Waals surface area contributed by atoms with Gasteiger partial charge in [0, 0.05) is 12.6 Å². The van der Waals surface area contributed by atoms with Gasteiger partial charge in [-0.2, -0.15) is 5.10 Å². The summed E-state index contributed by atoms with van der Waals surface area (Å²) >= 11 is 0. The van der Waals surface area contributed by atoms with Gasteiger partial charge >= 0.3 is 0 Å². The van der Waals surface area contributed by atoms with Crippen LogP contribution in [0, 0.1) is 20.8 Å². The summed E-state index contributed by atoms with van der Waals surface area (Å²) in [6.07, 6.45) is 1.78. The molecular weight excluding hydrogens is 316 g/mol. The van der Waals surface area contributed by atoms with Crippen LogP contribution in [0.25, 0.3) is 0 Å². The summed E-state index contributed by atoms with van der Waals surface area (Å²) in [4.78, 5) is 6.72. The average molecular weight is 344 g/mol. The Hall–Kier alpha value is -1.92. The predicted octanol–water partition coefficient (Wildman–Crippen LogP) is 2.11. The van der Waals surface area contributed by atoms with Gasteiger partial charge in [0.15, 0.2) is 0 Å². The van der Waals surface area contributed by atoms with Gasteiger partial charge in [0.1, 0.15) is 30.1 Å². The molecular formula is C19H28N4O2. The van der Waals surface area contributed by atoms with Gasteiger partial charge in [0.25, 0.3) is 0 Å². The van der Waals surface area contributed by atoms with Crippen LogP contribution in [0.5, 0.6) is 5.75 Å². The zero-order chi connectivity index (χ0) is 17.8. The second-order valence-electron chi connectivity index (χ2n) is 6.96. The Balaban J connectivity index is 1.50. The zero-order valence-corrected chi connectivity index (χ0v) is 15.4. The summed E-state index contributed by atoms with van der Waals surface area (Å²) in [7, 11) is 0. The number of aliphatic hydroxyl groups is 1. The van der Waals surface area contributed by atoms with Crippen LogP contribution in [0.4, 0.5) is 0 Å². The van der Waals surface area contributed by atoms with Crippen molar-refractivity contribution in [2.75, 3.05) is 19.7 Å². The molecule has 0 aliphatic carbocycles. The van der Waals surface area contributed by atoms with E-state index >= 15 is 0 Å². The summed E-state index contributed by atoms with van der Waals surface area (Å²) in [5, 5.41) is 14.8. The Morgan fingerprint density at radius 1 is 1.24 bits per heavy atom. The zero-order valence-electron chi connectivity index (χ0n) is 15.4. The van der Waals surface area contributed by atoms with Crippen molar-refractivity contribution in [3.8, 4) is 5.75 Å². The average Bonchev–Trinajstić information content (AvgIpc) is 3.13. The van der Waals surface area contributed by atoms with Crippen LogP contribution in [0.2, 0.25) is 0 Å². The van der Waals surface area contributed by atoms with Crippen molar-refractivity contribution in [1.29, 1.82) is 0 Å². The maximum atomic E-state index is 10.4. The largest absolute Gasteiger partial charge is 0.491 e. The van der Waals surface area contributed by atoms with Gasteiger partial charge < -0.3 is 9.84 Å². The summed E-state index contributed by atoms with van der Waals surface area (Å²) in [5.41, 5.74) is 1.20. The maximum Gasteiger partial charge on any atom is 0.147 e. The van der Waals surface area contributed by atoms with Crippen molar-refractivity contribution in [2.24, 2.45) is 0 Å². The van der Waals surface area contributed by atoms with E-state index in [0.717, 1.165) is 43.3 Å². The van der Waals surface area contributed by atoms with Gasteiger partial charge in [-0.05, 0) is 52.3 Å². The van der Waals surface area contributed by atoms with Gasteiger partial charge in [0.2, 0.25) is 0 Å². The first-order valence-electron chi connectivity index (χ1n) is 9.01. The molecule has 1 fully saturated rings. The van der Waals surface area contributed by atoms with Crippen molar-refractivity contribution in [1.82, 2.24) is 19.7 Å². The van der Waals surface area contributed by atoms with Gasteiger partial charge in [-0.3, -0.25) is 4.90 Å². The van der Waals surface area contributed by atoms with Crippen molar-refractivity contribution >= 4 is 0 Å². The summed E-state index contributed by atoms with van der Waals surface area (Å²) in [6, 6.07) is 8.31. The fourth-order valence-corrected chi connectivity index (χ4v) is 3.43. The van der Waals surface area contributed by atoms with Gasteiger partial charge in [0.05, 0.1) is 6.54 Å². The molecule has 1 aliphatic rings. The van der Waals surface area contributed by atoms with Crippen LogP contribution in [-0.2, 0) is 6.54 Å². The highest BCUT2D eigenvalue weighted by Crippen LogP contribution is 2.20. The summed E-state index contributed by atoms with van der Waals surface area (Å²) in [6.45, 7) is 8.74. The minimum Gasteiger partial charge on any atom is -0.491 e. The number of aryl methyl sites for hydroxylation is 3. The highest BCUT2D eigenvalue weighted by Gasteiger charge is 2.27. The topological polar surface area (TPSA) is 63.4 Å². The lowest BCUT2D eigenvalue weighted by Gasteiger charge is -2.27. The van der Waals surface area contributed by atoms with Gasteiger partial charge in [-0.1, -0.05) is 17.7 Å². The molecule has 1 saturated heterocycles. The van der Waals surface area contributed by atoms with Crippen molar-refractivity contribution < 1.29 is 9.84 Å². The number of benzene rings is 1. The fraction of sp³-hybridized carbons (Fsp3) is 0.579. The van der Waals surface area contributed by atoms with Crippen molar-refractivity contribution in [3.05, 3.63) is 41.5 Å². The third-order valence-corrected chi connectivity index (χ3v) is 4.75. The first kappa shape index (κ1) is 17.9. The Morgan fingerprint density at radius 3 is 2.68 bits per heavy atom. The molecule has 1 N–H and O–H groups in total. The molecule has 0 radical (unpaired) electrons. The number of aromatic nitrogens is 3. The smallest absolute Gasteiger partial charge is 0.147 e. The van der Waals surface area contributed by atoms with E-state index in [9.17, 15) is 5.11 Å². The van der Waals surface area contributed by atoms with E-state index in [-0.39, 0.29) is 0 Å². The van der Waals surface area contributed by atoms with E-state index in [1.165, 1.54) is 5.56 Å². The lowest BCUT2D eigenvalue weighted by molar-refractivity contribution is 0.0608. The fourth-order valence-electron chi connectivity index (χ4n) is 3.43. The second kappa shape index (κ2) is 7.97. The van der Waals surface area contributed by atoms with Crippen molar-refractivity contribution in [3.63, 3.8) is 0 Å². The minimum atomic E-state index is -0.500. The summed E-state index contributed by atoms with van der Waals surface area (Å²) in [5.74, 6) is 2.57. The number of nitrogens with zero attached hydrogens (tertiary/aromatic N) is 4. The molecule has 1 aromatic heterocycles. The van der Waals surface area contributed by atoms with Crippen LogP contribution >= 0.6 is 0 Å². The van der Waals surface area contributed by atoms with Crippen LogP contribution < -0.4 is 4.74 Å². The molecule has 3 rings (SSSR count). The normalized spacial score (nSPS) is 19.3. The number of ether oxygens (including phenoxy) is 1. The first-order chi connectivity index (χ1) is 12.0. The number of aliphatic hydroxyl groups excluding tert-OH is 1. The third-order valence-electron chi connectivity index (χ3n) is 4.75. The monoisotopic (exact) mass is 344 g/mol. The molecule has 6 nitrogen and oxygen atoms in total. The highest BCUT2D eigenvalue weighted by molar-refractivity contribution is 5.26. The molecule has 0 unspecified atom stereocenters. The second-order valence-corrected chi connectivity index (χ2v) is 6.96. The molecule has 2 heterocycles. The molecule has 0 saturated carbocycles. The van der Waals surface area contributed by atoms with E-state index in [0.29, 0.717) is 19.2 Å². The number of β-amino-alcohol motifs (C(OH)–C–C–N with tert-alkyl or cyclic N) is 1. The molecule has 0 spiro atoms. The Bertz CT molecular complexity index is 683. The van der Waals surface area contributed by atoms with Gasteiger partial charge in [-0.15, -0.1) is 0 Å². The van der Waals surface area contributed by atoms with E-state index in [1.807, 2.05) is 49.7 Å². The first-order valence-corrected chi connectivity index (χ1v) is 9.01. The highest BCUT2D eigenvalue weighted by atomic mass is 16.5. The molecule has 2 aromatic rings. The SMILES string of the molecule is Cc1ccc(OC[C@@H](O)CN2CCC[C@@H]2Cn2nc(C)nc2C)cc1. The molecule has 0 bridgehead atoms. The van der Waals surface area contributed by atoms with Gasteiger partial charge in [-0.25, -0.2) is 9.67 Å². The predicted molar refractivity (Wildman–Crippen MR) is 96.8 cm³/mol. The van der Waals surface area contributed by atoms with Crippen molar-refractivity contribution in [2.45, 2.75) is 52.3 Å². The quantitative estimate of drug-likeness (QED) is 0.833. The van der Waals surface area contributed by atoms with Crippen LogP contribution in [-0.4, -0.2) is 56.6 Å². The maximum absolute atomic E-state index is 10.4. The summed E-state index contributed by atoms with van der Waals surface area (Å²) < 4.78 is 7.68. The van der Waals surface area contributed by atoms with Crippen LogP contribution in [0.3, 0.4) is 0 Å². The number of likely N-dealkylation sites (tertiary alicyclic amines) is 1. The third kappa shape index (κ3) is 4.80. The lowest BCUT2D eigenvalue weighted by atomic mass is 10.2. The van der Waals surface area contributed by atoms with Crippen LogP contribution in [0.15, 0.2) is 24.3 Å². The molecule has 0 amide bonds. The molecule has 136 valence electrons. The lowest BCUT2D eigenvalue weighted by Crippen LogP contribution is -2.40. The Morgan fingerprint density at radius 2 is 2.00 bits per heavy atom. The molecule has 2 atom stereocenters. The number of hydrogen-bond acceptors (Lipinski definition) is 5. The standard InChI is InChI=1S/C19H28N4O2/c1-14-6-8-19(9-7-14)25-13-18(24)12-22-10-4-5-17(22)11-23-16(3)20-15(2)21-23/h6-9,17-18,24H,4-5,10-13H2,1-3H3/t17-,18+/m1/s1. The van der Waals surface area contributed by atoms with E-state index in [4.69, 9.17) is 4.74 Å². The Kier molecular flexibility index (Phi) is 5.71. The molecule has 25 heavy (non-hydrogen) atoms. The molecule has 1 aromatic carbocycles. The number of rotatable bonds is 7. The van der Waals surface area contributed by atoms with E-state index in [1.54, 1.807) is 0 Å². The molecule has 1 aliphatic heterocycles. The van der Waals surface area contributed by atoms with E-state index in [2.05, 4.69) is 15.0 Å². The molecule has 6 heteroatoms. The minimum absolute atomic E-state index is 0.313. The van der Waals surface area contributed by atoms with E-state index < -0.39 is 6.10 Å².